The lowest BCUT2D eigenvalue weighted by Gasteiger charge is -2.23. The second-order valence-corrected chi connectivity index (χ2v) is 6.40. The Morgan fingerprint density at radius 2 is 2.08 bits per heavy atom. The average Bonchev–Trinajstić information content (AvgIpc) is 3.10. The molecule has 0 aromatic heterocycles. The van der Waals surface area contributed by atoms with Gasteiger partial charge in [-0.05, 0) is 50.3 Å². The van der Waals surface area contributed by atoms with Gasteiger partial charge in [-0.3, -0.25) is 4.79 Å². The fourth-order valence-electron chi connectivity index (χ4n) is 3.09. The number of amides is 1. The molecule has 5 heteroatoms. The highest BCUT2D eigenvalue weighted by molar-refractivity contribution is 5.85. The van der Waals surface area contributed by atoms with Crippen LogP contribution in [0.3, 0.4) is 0 Å². The van der Waals surface area contributed by atoms with Gasteiger partial charge in [0.1, 0.15) is 0 Å². The molecule has 0 spiro atoms. The van der Waals surface area contributed by atoms with Gasteiger partial charge < -0.3 is 15.0 Å². The highest BCUT2D eigenvalue weighted by Crippen LogP contribution is 2.16. The molecule has 1 aromatic rings. The van der Waals surface area contributed by atoms with Crippen LogP contribution in [0.1, 0.15) is 37.7 Å². The van der Waals surface area contributed by atoms with E-state index in [4.69, 9.17) is 4.74 Å². The van der Waals surface area contributed by atoms with Crippen LogP contribution >= 0.6 is 12.4 Å². The summed E-state index contributed by atoms with van der Waals surface area (Å²) in [7, 11) is 1.72. The highest BCUT2D eigenvalue weighted by Gasteiger charge is 2.19. The third kappa shape index (κ3) is 7.65. The summed E-state index contributed by atoms with van der Waals surface area (Å²) in [6.45, 7) is 4.47. The van der Waals surface area contributed by atoms with E-state index < -0.39 is 0 Å². The number of nitrogens with one attached hydrogen (secondary N) is 1. The first-order valence-electron chi connectivity index (χ1n) is 8.81. The van der Waals surface area contributed by atoms with E-state index in [2.05, 4.69) is 17.4 Å². The zero-order chi connectivity index (χ0) is 16.3. The van der Waals surface area contributed by atoms with Crippen molar-refractivity contribution >= 4 is 18.3 Å². The maximum Gasteiger partial charge on any atom is 0.222 e. The van der Waals surface area contributed by atoms with Crippen LogP contribution in [0, 0.1) is 5.92 Å². The van der Waals surface area contributed by atoms with Gasteiger partial charge in [-0.25, -0.2) is 0 Å². The molecule has 24 heavy (non-hydrogen) atoms. The van der Waals surface area contributed by atoms with Crippen LogP contribution in [-0.4, -0.2) is 44.2 Å². The average molecular weight is 355 g/mol. The monoisotopic (exact) mass is 354 g/mol. The Bertz CT molecular complexity index is 450. The number of rotatable bonds is 10. The third-order valence-electron chi connectivity index (χ3n) is 4.52. The number of nitrogens with zero attached hydrogens (tertiary/aromatic N) is 1. The van der Waals surface area contributed by atoms with E-state index in [1.165, 1.54) is 12.0 Å². The second-order valence-electron chi connectivity index (χ2n) is 6.40. The number of carbonyl (C=O) groups is 1. The first-order chi connectivity index (χ1) is 11.3. The van der Waals surface area contributed by atoms with E-state index in [9.17, 15) is 4.79 Å². The lowest BCUT2D eigenvalue weighted by Crippen LogP contribution is -2.32. The van der Waals surface area contributed by atoms with Gasteiger partial charge in [0.15, 0.2) is 0 Å². The Morgan fingerprint density at radius 1 is 1.29 bits per heavy atom. The number of benzene rings is 1. The summed E-state index contributed by atoms with van der Waals surface area (Å²) in [6, 6.07) is 10.3. The van der Waals surface area contributed by atoms with Crippen molar-refractivity contribution in [2.45, 2.75) is 38.6 Å². The van der Waals surface area contributed by atoms with Crippen molar-refractivity contribution in [2.24, 2.45) is 5.92 Å². The zero-order valence-electron chi connectivity index (χ0n) is 14.7. The minimum atomic E-state index is 0. The molecule has 1 amide bonds. The molecule has 1 saturated heterocycles. The highest BCUT2D eigenvalue weighted by atomic mass is 35.5. The molecule has 1 unspecified atom stereocenters. The topological polar surface area (TPSA) is 41.6 Å². The fraction of sp³-hybridized carbons (Fsp3) is 0.632. The number of unbranched alkanes of at least 4 members (excludes halogenated alkanes) is 1. The molecule has 0 aliphatic carbocycles. The molecule has 1 fully saturated rings. The van der Waals surface area contributed by atoms with Crippen molar-refractivity contribution < 1.29 is 9.53 Å². The lowest BCUT2D eigenvalue weighted by molar-refractivity contribution is -0.132. The predicted octanol–water partition coefficient (Wildman–Crippen LogP) is 3.25. The summed E-state index contributed by atoms with van der Waals surface area (Å²) in [5.41, 5.74) is 1.20. The van der Waals surface area contributed by atoms with E-state index in [-0.39, 0.29) is 18.3 Å². The molecule has 1 aliphatic rings. The van der Waals surface area contributed by atoms with E-state index in [1.807, 2.05) is 23.1 Å². The Balaban J connectivity index is 0.00000288. The van der Waals surface area contributed by atoms with Crippen molar-refractivity contribution in [3.63, 3.8) is 0 Å². The van der Waals surface area contributed by atoms with Gasteiger partial charge in [0.05, 0.1) is 0 Å². The van der Waals surface area contributed by atoms with Crippen molar-refractivity contribution in [2.75, 3.05) is 33.4 Å². The van der Waals surface area contributed by atoms with Crippen LogP contribution in [0.25, 0.3) is 0 Å². The van der Waals surface area contributed by atoms with Crippen molar-refractivity contribution in [3.05, 3.63) is 35.9 Å². The van der Waals surface area contributed by atoms with Gasteiger partial charge in [-0.15, -0.1) is 12.4 Å². The summed E-state index contributed by atoms with van der Waals surface area (Å²) in [4.78, 5) is 14.7. The van der Waals surface area contributed by atoms with Gasteiger partial charge in [0.25, 0.3) is 0 Å². The molecule has 4 nitrogen and oxygen atoms in total. The Kier molecular flexibility index (Phi) is 10.7. The molecule has 0 bridgehead atoms. The quantitative estimate of drug-likeness (QED) is 0.656. The molecule has 1 N–H and O–H groups in total. The van der Waals surface area contributed by atoms with Crippen LogP contribution in [0.4, 0.5) is 0 Å². The van der Waals surface area contributed by atoms with Gasteiger partial charge in [-0.1, -0.05) is 30.3 Å². The number of methoxy groups -OCH3 is 1. The van der Waals surface area contributed by atoms with E-state index in [1.54, 1.807) is 7.11 Å². The number of carbonyl (C=O) groups excluding carboxylic acids is 1. The first-order valence-corrected chi connectivity index (χ1v) is 8.81. The van der Waals surface area contributed by atoms with Crippen LogP contribution in [0.5, 0.6) is 0 Å². The summed E-state index contributed by atoms with van der Waals surface area (Å²) in [6.07, 6.45) is 4.89. The predicted molar refractivity (Wildman–Crippen MR) is 100 cm³/mol. The first kappa shape index (κ1) is 20.9. The van der Waals surface area contributed by atoms with Crippen LogP contribution in [0.2, 0.25) is 0 Å². The molecule has 1 aromatic carbocycles. The summed E-state index contributed by atoms with van der Waals surface area (Å²) >= 11 is 0. The normalized spacial score (nSPS) is 16.6. The van der Waals surface area contributed by atoms with Crippen molar-refractivity contribution in [1.82, 2.24) is 10.2 Å². The summed E-state index contributed by atoms with van der Waals surface area (Å²) in [5, 5.41) is 3.37. The van der Waals surface area contributed by atoms with Crippen LogP contribution < -0.4 is 5.32 Å². The molecule has 1 heterocycles. The minimum absolute atomic E-state index is 0. The largest absolute Gasteiger partial charge is 0.385 e. The minimum Gasteiger partial charge on any atom is -0.385 e. The van der Waals surface area contributed by atoms with E-state index in [0.29, 0.717) is 12.3 Å². The smallest absolute Gasteiger partial charge is 0.222 e. The summed E-state index contributed by atoms with van der Waals surface area (Å²) in [5.74, 6) is 0.962. The SMILES string of the molecule is COCCCCN(Cc1ccccc1)C(=O)CCC1CCNC1.Cl. The number of hydrogen-bond acceptors (Lipinski definition) is 3. The Morgan fingerprint density at radius 3 is 2.75 bits per heavy atom. The van der Waals surface area contributed by atoms with E-state index in [0.717, 1.165) is 52.0 Å². The maximum absolute atomic E-state index is 12.6. The second kappa shape index (κ2) is 12.3. The zero-order valence-corrected chi connectivity index (χ0v) is 15.5. The van der Waals surface area contributed by atoms with Gasteiger partial charge in [0.2, 0.25) is 5.91 Å². The Labute approximate surface area is 152 Å². The number of ether oxygens (including phenoxy) is 1. The number of halogens is 1. The standard InChI is InChI=1S/C19H30N2O2.ClH/c1-23-14-6-5-13-21(16-18-7-3-2-4-8-18)19(22)10-9-17-11-12-20-15-17;/h2-4,7-8,17,20H,5-6,9-16H2,1H3;1H. The summed E-state index contributed by atoms with van der Waals surface area (Å²) < 4.78 is 5.11. The van der Waals surface area contributed by atoms with Crippen LogP contribution in [0.15, 0.2) is 30.3 Å². The van der Waals surface area contributed by atoms with Gasteiger partial charge in [-0.2, -0.15) is 0 Å². The molecule has 2 rings (SSSR count). The maximum atomic E-state index is 12.6. The molecule has 1 atom stereocenters. The third-order valence-corrected chi connectivity index (χ3v) is 4.52. The van der Waals surface area contributed by atoms with Crippen molar-refractivity contribution in [3.8, 4) is 0 Å². The Hall–Kier alpha value is -1.10. The van der Waals surface area contributed by atoms with Gasteiger partial charge in [0, 0.05) is 33.2 Å². The lowest BCUT2D eigenvalue weighted by atomic mass is 10.0. The number of hydrogen-bond donors (Lipinski definition) is 1. The van der Waals surface area contributed by atoms with E-state index >= 15 is 0 Å². The molecule has 0 saturated carbocycles. The molecular formula is C19H31ClN2O2. The van der Waals surface area contributed by atoms with Crippen molar-refractivity contribution in [1.29, 1.82) is 0 Å². The molecular weight excluding hydrogens is 324 g/mol. The fourth-order valence-corrected chi connectivity index (χ4v) is 3.09. The molecule has 1 aliphatic heterocycles. The van der Waals surface area contributed by atoms with Crippen LogP contribution in [-0.2, 0) is 16.1 Å². The molecule has 0 radical (unpaired) electrons. The molecule has 136 valence electrons. The van der Waals surface area contributed by atoms with Gasteiger partial charge >= 0.3 is 0 Å².